The van der Waals surface area contributed by atoms with Gasteiger partial charge in [-0.3, -0.25) is 4.79 Å². The molecule has 3 rings (SSSR count). The number of hydrogen-bond donors (Lipinski definition) is 3. The quantitative estimate of drug-likeness (QED) is 0.516. The van der Waals surface area contributed by atoms with Crippen molar-refractivity contribution >= 4 is 33.6 Å². The average Bonchev–Trinajstić information content (AvgIpc) is 3.07. The van der Waals surface area contributed by atoms with Crippen molar-refractivity contribution in [2.75, 3.05) is 19.4 Å². The van der Waals surface area contributed by atoms with E-state index in [1.165, 1.54) is 0 Å². The number of hydrogen-bond acceptors (Lipinski definition) is 5. The lowest BCUT2D eigenvalue weighted by molar-refractivity contribution is 0.103. The van der Waals surface area contributed by atoms with E-state index in [0.717, 1.165) is 22.7 Å². The monoisotopic (exact) mass is 389 g/mol. The third-order valence-electron chi connectivity index (χ3n) is 5.09. The zero-order valence-corrected chi connectivity index (χ0v) is 17.0. The number of H-pyrrole nitrogens is 1. The molecule has 3 aromatic rings. The summed E-state index contributed by atoms with van der Waals surface area (Å²) in [4.78, 5) is 15.5. The van der Waals surface area contributed by atoms with Gasteiger partial charge in [-0.1, -0.05) is 13.0 Å². The van der Waals surface area contributed by atoms with Crippen molar-refractivity contribution < 1.29 is 9.84 Å². The summed E-state index contributed by atoms with van der Waals surface area (Å²) in [7, 11) is 1.73. The van der Waals surface area contributed by atoms with E-state index >= 15 is 0 Å². The minimum absolute atomic E-state index is 0.0577. The molecule has 2 aromatic heterocycles. The molecule has 0 aliphatic carbocycles. The van der Waals surface area contributed by atoms with Crippen LogP contribution in [0.3, 0.4) is 0 Å². The number of aromatic nitrogens is 2. The van der Waals surface area contributed by atoms with E-state index in [0.29, 0.717) is 17.8 Å². The lowest BCUT2D eigenvalue weighted by atomic mass is 10.1. The number of aliphatic hydroxyl groups is 1. The van der Waals surface area contributed by atoms with Crippen LogP contribution in [-0.4, -0.2) is 45.0 Å². The fraction of sp³-hybridized carbons (Fsp3) is 0.450. The maximum Gasteiger partial charge on any atom is 0.274 e. The molecule has 3 N–H and O–H groups in total. The largest absolute Gasteiger partial charge is 0.490 e. The Morgan fingerprint density at radius 3 is 2.89 bits per heavy atom. The summed E-state index contributed by atoms with van der Waals surface area (Å²) in [5.41, 5.74) is 1.33. The van der Waals surface area contributed by atoms with Crippen LogP contribution >= 0.6 is 11.8 Å². The smallest absolute Gasteiger partial charge is 0.274 e. The molecule has 0 amide bonds. The first kappa shape index (κ1) is 19.8. The van der Waals surface area contributed by atoms with Gasteiger partial charge < -0.3 is 24.7 Å². The molecule has 2 unspecified atom stereocenters. The van der Waals surface area contributed by atoms with Crippen molar-refractivity contribution in [3.8, 4) is 5.75 Å². The Labute approximate surface area is 162 Å². The van der Waals surface area contributed by atoms with Gasteiger partial charge in [0.25, 0.3) is 5.56 Å². The summed E-state index contributed by atoms with van der Waals surface area (Å²) < 4.78 is 7.47. The van der Waals surface area contributed by atoms with Crippen LogP contribution in [0.25, 0.3) is 21.8 Å². The Bertz CT molecular complexity index is 991. The number of thioether (sulfide) groups is 1. The highest BCUT2D eigenvalue weighted by atomic mass is 32.2. The number of benzene rings is 1. The van der Waals surface area contributed by atoms with Crippen LogP contribution in [0, 0.1) is 0 Å². The third-order valence-corrected chi connectivity index (χ3v) is 6.43. The molecule has 0 aliphatic rings. The van der Waals surface area contributed by atoms with Crippen molar-refractivity contribution in [3.05, 3.63) is 40.8 Å². The predicted octanol–water partition coefficient (Wildman–Crippen LogP) is 2.84. The topological polar surface area (TPSA) is 79.3 Å². The molecule has 0 spiro atoms. The van der Waals surface area contributed by atoms with Crippen molar-refractivity contribution in [2.45, 2.75) is 31.2 Å². The van der Waals surface area contributed by atoms with Crippen molar-refractivity contribution in [1.82, 2.24) is 14.9 Å². The first-order valence-corrected chi connectivity index (χ1v) is 10.3. The van der Waals surface area contributed by atoms with Gasteiger partial charge in [0, 0.05) is 30.6 Å². The number of aromatic amines is 1. The summed E-state index contributed by atoms with van der Waals surface area (Å²) in [5, 5.41) is 15.4. The maximum atomic E-state index is 12.4. The van der Waals surface area contributed by atoms with Crippen molar-refractivity contribution in [3.63, 3.8) is 0 Å². The number of aryl methyl sites for hydroxylation is 1. The number of aliphatic hydroxyl groups excluding tert-OH is 1. The Kier molecular flexibility index (Phi) is 5.83. The van der Waals surface area contributed by atoms with Gasteiger partial charge >= 0.3 is 0 Å². The maximum absolute atomic E-state index is 12.4. The van der Waals surface area contributed by atoms with Crippen LogP contribution in [0.15, 0.2) is 35.3 Å². The molecule has 0 aliphatic heterocycles. The van der Waals surface area contributed by atoms with Gasteiger partial charge in [-0.2, -0.15) is 0 Å². The van der Waals surface area contributed by atoms with E-state index in [4.69, 9.17) is 4.74 Å². The highest BCUT2D eigenvalue weighted by Gasteiger charge is 2.21. The van der Waals surface area contributed by atoms with Crippen LogP contribution in [0.2, 0.25) is 0 Å². The summed E-state index contributed by atoms with van der Waals surface area (Å²) in [5.74, 6) is 0.661. The fourth-order valence-corrected chi connectivity index (χ4v) is 3.56. The first-order chi connectivity index (χ1) is 12.9. The normalized spacial score (nSPS) is 15.1. The summed E-state index contributed by atoms with van der Waals surface area (Å²) >= 11 is 1.74. The molecule has 0 saturated carbocycles. The molecule has 1 aromatic carbocycles. The van der Waals surface area contributed by atoms with Crippen LogP contribution in [-0.2, 0) is 7.05 Å². The number of nitrogens with zero attached hydrogens (tertiary/aromatic N) is 1. The van der Waals surface area contributed by atoms with Gasteiger partial charge in [-0.25, -0.2) is 0 Å². The van der Waals surface area contributed by atoms with E-state index in [9.17, 15) is 9.90 Å². The number of nitrogens with one attached hydrogen (secondary N) is 2. The van der Waals surface area contributed by atoms with Crippen LogP contribution in [0.1, 0.15) is 20.3 Å². The van der Waals surface area contributed by atoms with E-state index < -0.39 is 6.10 Å². The fourth-order valence-electron chi connectivity index (χ4n) is 3.05. The zero-order valence-electron chi connectivity index (χ0n) is 16.2. The lowest BCUT2D eigenvalue weighted by Crippen LogP contribution is -2.44. The first-order valence-electron chi connectivity index (χ1n) is 9.09. The van der Waals surface area contributed by atoms with E-state index in [1.807, 2.05) is 24.3 Å². The van der Waals surface area contributed by atoms with Gasteiger partial charge in [0.1, 0.15) is 24.0 Å². The third kappa shape index (κ3) is 4.00. The van der Waals surface area contributed by atoms with Crippen LogP contribution in [0.5, 0.6) is 5.75 Å². The van der Waals surface area contributed by atoms with Gasteiger partial charge in [0.05, 0.1) is 10.4 Å². The van der Waals surface area contributed by atoms with Crippen LogP contribution < -0.4 is 15.6 Å². The van der Waals surface area contributed by atoms with Crippen LogP contribution in [0.4, 0.5) is 0 Å². The summed E-state index contributed by atoms with van der Waals surface area (Å²) in [6.07, 6.45) is 4.14. The van der Waals surface area contributed by atoms with Crippen molar-refractivity contribution in [2.24, 2.45) is 7.05 Å². The average molecular weight is 390 g/mol. The zero-order chi connectivity index (χ0) is 19.6. The molecule has 27 heavy (non-hydrogen) atoms. The molecular weight excluding hydrogens is 362 g/mol. The predicted molar refractivity (Wildman–Crippen MR) is 113 cm³/mol. The Balaban J connectivity index is 1.79. The van der Waals surface area contributed by atoms with Gasteiger partial charge in [0.2, 0.25) is 0 Å². The van der Waals surface area contributed by atoms with E-state index in [1.54, 1.807) is 29.6 Å². The second-order valence-electron chi connectivity index (χ2n) is 6.96. The number of fused-ring (bicyclic) bond motifs is 3. The molecule has 2 heterocycles. The van der Waals surface area contributed by atoms with Crippen molar-refractivity contribution in [1.29, 1.82) is 0 Å². The highest BCUT2D eigenvalue weighted by Crippen LogP contribution is 2.32. The molecule has 2 atom stereocenters. The minimum Gasteiger partial charge on any atom is -0.490 e. The van der Waals surface area contributed by atoms with Gasteiger partial charge in [-0.05, 0) is 37.8 Å². The number of pyridine rings is 1. The molecule has 0 fully saturated rings. The van der Waals surface area contributed by atoms with Gasteiger partial charge in [-0.15, -0.1) is 11.8 Å². The lowest BCUT2D eigenvalue weighted by Gasteiger charge is -2.28. The summed E-state index contributed by atoms with van der Waals surface area (Å²) in [6, 6.07) is 7.58. The minimum atomic E-state index is -0.628. The molecule has 0 saturated heterocycles. The Morgan fingerprint density at radius 1 is 1.41 bits per heavy atom. The van der Waals surface area contributed by atoms with E-state index in [-0.39, 0.29) is 17.0 Å². The highest BCUT2D eigenvalue weighted by molar-refractivity contribution is 7.99. The number of rotatable bonds is 8. The van der Waals surface area contributed by atoms with Gasteiger partial charge in [0.15, 0.2) is 0 Å². The second-order valence-corrected chi connectivity index (χ2v) is 8.27. The Hall–Kier alpha value is -1.96. The Morgan fingerprint density at radius 2 is 2.19 bits per heavy atom. The molecule has 6 nitrogen and oxygen atoms in total. The molecule has 7 heteroatoms. The second kappa shape index (κ2) is 7.96. The molecule has 146 valence electrons. The molecule has 0 radical (unpaired) electrons. The standard InChI is InChI=1S/C20H27N3O3S/c1-5-20(2,27-4)21-11-13(24)12-26-16-8-6-7-15-17(16)14-9-10-23(3)19(25)18(14)22-15/h6-10,13,21-22,24H,5,11-12H2,1-4H3. The molecule has 0 bridgehead atoms. The SMILES string of the molecule is CCC(C)(NCC(O)COc1cccc2[nH]c3c(=O)n(C)ccc3c12)SC. The molecular formula is C20H27N3O3S. The summed E-state index contributed by atoms with van der Waals surface area (Å²) in [6.45, 7) is 4.88. The number of ether oxygens (including phenoxy) is 1. The van der Waals surface area contributed by atoms with E-state index in [2.05, 4.69) is 30.4 Å².